The van der Waals surface area contributed by atoms with Crippen LogP contribution in [0.4, 0.5) is 0 Å². The molecule has 2 spiro atoms. The van der Waals surface area contributed by atoms with Crippen molar-refractivity contribution in [2.75, 3.05) is 32.4 Å². The number of aromatic nitrogens is 1. The summed E-state index contributed by atoms with van der Waals surface area (Å²) in [6, 6.07) is 2.16. The van der Waals surface area contributed by atoms with Crippen molar-refractivity contribution in [3.8, 4) is 5.75 Å². The lowest BCUT2D eigenvalue weighted by atomic mass is 9.54. The predicted octanol–water partition coefficient (Wildman–Crippen LogP) is 2.70. The van der Waals surface area contributed by atoms with Crippen molar-refractivity contribution in [1.29, 1.82) is 0 Å². The van der Waals surface area contributed by atoms with Gasteiger partial charge in [-0.25, -0.2) is 13.4 Å². The Kier molecular flexibility index (Phi) is 5.52. The Morgan fingerprint density at radius 2 is 2.00 bits per heavy atom. The summed E-state index contributed by atoms with van der Waals surface area (Å²) in [4.78, 5) is 17.0. The van der Waals surface area contributed by atoms with Crippen LogP contribution in [0.1, 0.15) is 63.1 Å². The van der Waals surface area contributed by atoms with E-state index in [4.69, 9.17) is 9.57 Å². The molecule has 1 atom stereocenters. The van der Waals surface area contributed by atoms with Gasteiger partial charge in [0.05, 0.1) is 18.1 Å². The second-order valence-electron chi connectivity index (χ2n) is 11.1. The number of nitrogens with one attached hydrogen (secondary N) is 1. The number of ether oxygens (including phenoxy) is 1. The Morgan fingerprint density at radius 1 is 1.20 bits per heavy atom. The van der Waals surface area contributed by atoms with Crippen LogP contribution in [0.3, 0.4) is 0 Å². The zero-order valence-electron chi connectivity index (χ0n) is 20.6. The van der Waals surface area contributed by atoms with E-state index in [9.17, 15) is 8.42 Å². The minimum absolute atomic E-state index is 0.0905. The Balaban J connectivity index is 1.09. The van der Waals surface area contributed by atoms with Crippen LogP contribution < -0.4 is 10.2 Å². The highest BCUT2D eigenvalue weighted by Gasteiger charge is 2.60. The number of hydrogen-bond acceptors (Lipinski definition) is 8. The lowest BCUT2D eigenvalue weighted by Crippen LogP contribution is -2.63. The predicted molar refractivity (Wildman–Crippen MR) is 133 cm³/mol. The highest BCUT2D eigenvalue weighted by molar-refractivity contribution is 7.88. The van der Waals surface area contributed by atoms with E-state index in [1.54, 1.807) is 0 Å². The van der Waals surface area contributed by atoms with Crippen LogP contribution >= 0.6 is 0 Å². The average Bonchev–Trinajstić information content (AvgIpc) is 3.44. The third-order valence-corrected chi connectivity index (χ3v) is 9.91. The van der Waals surface area contributed by atoms with Crippen LogP contribution in [0.2, 0.25) is 0 Å². The molecule has 1 aromatic rings. The molecule has 6 rings (SSSR count). The molecule has 2 fully saturated rings. The van der Waals surface area contributed by atoms with Gasteiger partial charge in [0, 0.05) is 44.6 Å². The first-order valence-electron chi connectivity index (χ1n) is 12.8. The Bertz CT molecular complexity index is 1170. The number of nitrogens with zero attached hydrogens (tertiary/aromatic N) is 4. The summed E-state index contributed by atoms with van der Waals surface area (Å²) < 4.78 is 31.6. The van der Waals surface area contributed by atoms with Crippen molar-refractivity contribution in [3.05, 3.63) is 29.6 Å². The van der Waals surface area contributed by atoms with Crippen molar-refractivity contribution in [3.63, 3.8) is 0 Å². The van der Waals surface area contributed by atoms with Crippen LogP contribution in [0.5, 0.6) is 5.75 Å². The van der Waals surface area contributed by atoms with Crippen LogP contribution in [0.15, 0.2) is 23.3 Å². The molecule has 10 heteroatoms. The fourth-order valence-corrected chi connectivity index (χ4v) is 7.71. The highest BCUT2D eigenvalue weighted by Crippen LogP contribution is 2.60. The molecule has 1 unspecified atom stereocenters. The lowest BCUT2D eigenvalue weighted by Gasteiger charge is -2.58. The van der Waals surface area contributed by atoms with Gasteiger partial charge in [-0.2, -0.15) is 4.31 Å². The maximum atomic E-state index is 11.8. The topological polar surface area (TPSA) is 96.4 Å². The van der Waals surface area contributed by atoms with E-state index in [2.05, 4.69) is 33.3 Å². The number of rotatable bonds is 5. The van der Waals surface area contributed by atoms with E-state index in [0.717, 1.165) is 75.1 Å². The molecule has 0 amide bonds. The summed E-state index contributed by atoms with van der Waals surface area (Å²) in [6.45, 7) is 5.14. The van der Waals surface area contributed by atoms with Crippen LogP contribution in [-0.2, 0) is 21.3 Å². The number of pyridine rings is 1. The van der Waals surface area contributed by atoms with Crippen LogP contribution in [0.25, 0.3) is 5.57 Å². The molecule has 35 heavy (non-hydrogen) atoms. The summed E-state index contributed by atoms with van der Waals surface area (Å²) in [5, 5.41) is 0. The van der Waals surface area contributed by atoms with Crippen LogP contribution in [-0.4, -0.2) is 72.8 Å². The number of sulfonamides is 1. The summed E-state index contributed by atoms with van der Waals surface area (Å²) >= 11 is 0. The Hall–Kier alpha value is -2.01. The van der Waals surface area contributed by atoms with Gasteiger partial charge in [0.15, 0.2) is 6.40 Å². The maximum absolute atomic E-state index is 11.8. The molecular formula is C25H35N5O4S. The molecule has 1 aliphatic carbocycles. The first kappa shape index (κ1) is 23.4. The number of hydroxylamine groups is 1. The third kappa shape index (κ3) is 4.08. The molecule has 4 aliphatic heterocycles. The van der Waals surface area contributed by atoms with Crippen LogP contribution in [0, 0.1) is 5.41 Å². The Labute approximate surface area is 207 Å². The minimum Gasteiger partial charge on any atom is -0.485 e. The van der Waals surface area contributed by atoms with Crippen molar-refractivity contribution >= 4 is 22.0 Å². The number of piperidine rings is 1. The van der Waals surface area contributed by atoms with Gasteiger partial charge < -0.3 is 9.57 Å². The second kappa shape index (κ2) is 8.26. The standard InChI is InChI=1S/C25H35N5O4S/c1-3-6-25(27-18-33-28-25)29-11-7-23(8-12-29)16-24(17-23)14-20-13-21(26-15-22(20)34-24)19-4-9-30(10-5-19)35(2,31)32/h4,13,15,18,28H,3,5-12,14,16-17H2,1-2H3. The molecule has 1 aromatic heterocycles. The molecule has 0 bridgehead atoms. The van der Waals surface area contributed by atoms with Crippen molar-refractivity contribution in [2.24, 2.45) is 10.4 Å². The van der Waals surface area contributed by atoms with E-state index in [1.807, 2.05) is 12.3 Å². The molecule has 190 valence electrons. The summed E-state index contributed by atoms with van der Waals surface area (Å²) in [5.74, 6) is 0.519. The molecule has 9 nitrogen and oxygen atoms in total. The fraction of sp³-hybridized carbons (Fsp3) is 0.680. The van der Waals surface area contributed by atoms with Crippen molar-refractivity contribution in [2.45, 2.75) is 69.7 Å². The summed E-state index contributed by atoms with van der Waals surface area (Å²) in [5.41, 5.74) is 6.71. The normalized spacial score (nSPS) is 29.5. The smallest absolute Gasteiger partial charge is 0.211 e. The van der Waals surface area contributed by atoms with Gasteiger partial charge in [-0.1, -0.05) is 19.4 Å². The minimum atomic E-state index is -3.15. The number of hydrogen-bond donors (Lipinski definition) is 1. The summed E-state index contributed by atoms with van der Waals surface area (Å²) in [6.07, 6.45) is 14.8. The Morgan fingerprint density at radius 3 is 2.63 bits per heavy atom. The van der Waals surface area contributed by atoms with Gasteiger partial charge in [0.1, 0.15) is 11.4 Å². The molecule has 5 aliphatic rings. The van der Waals surface area contributed by atoms with E-state index < -0.39 is 15.8 Å². The maximum Gasteiger partial charge on any atom is 0.211 e. The molecule has 1 saturated heterocycles. The van der Waals surface area contributed by atoms with Crippen molar-refractivity contribution < 1.29 is 18.0 Å². The SMILES string of the molecule is CCCC1(N2CCC3(CC2)CC2(Cc4cc(C5=CCN(S(C)(=O)=O)CC5)ncc4O2)C3)N=CON1. The fourth-order valence-electron chi connectivity index (χ4n) is 6.94. The molecule has 1 N–H and O–H groups in total. The van der Waals surface area contributed by atoms with Gasteiger partial charge in [0.2, 0.25) is 15.8 Å². The van der Waals surface area contributed by atoms with Gasteiger partial charge in [-0.3, -0.25) is 9.88 Å². The molecule has 5 heterocycles. The number of aliphatic imine (C=N–C) groups is 1. The highest BCUT2D eigenvalue weighted by atomic mass is 32.2. The van der Waals surface area contributed by atoms with Gasteiger partial charge >= 0.3 is 0 Å². The molecule has 1 saturated carbocycles. The molecular weight excluding hydrogens is 466 g/mol. The van der Waals surface area contributed by atoms with Gasteiger partial charge in [-0.15, -0.1) is 5.48 Å². The second-order valence-corrected chi connectivity index (χ2v) is 13.1. The lowest BCUT2D eigenvalue weighted by molar-refractivity contribution is -0.138. The first-order chi connectivity index (χ1) is 16.7. The summed E-state index contributed by atoms with van der Waals surface area (Å²) in [7, 11) is -3.15. The van der Waals surface area contributed by atoms with E-state index in [1.165, 1.54) is 22.5 Å². The number of fused-ring (bicyclic) bond motifs is 1. The van der Waals surface area contributed by atoms with Gasteiger partial charge in [-0.05, 0) is 49.2 Å². The average molecular weight is 502 g/mol. The molecule has 0 aromatic carbocycles. The monoisotopic (exact) mass is 501 g/mol. The molecule has 0 radical (unpaired) electrons. The van der Waals surface area contributed by atoms with Crippen molar-refractivity contribution in [1.82, 2.24) is 19.7 Å². The number of likely N-dealkylation sites (tertiary alicyclic amines) is 1. The zero-order chi connectivity index (χ0) is 24.3. The first-order valence-corrected chi connectivity index (χ1v) is 14.6. The largest absolute Gasteiger partial charge is 0.485 e. The van der Waals surface area contributed by atoms with Gasteiger partial charge in [0.25, 0.3) is 0 Å². The van der Waals surface area contributed by atoms with E-state index in [-0.39, 0.29) is 5.60 Å². The zero-order valence-corrected chi connectivity index (χ0v) is 21.4. The van der Waals surface area contributed by atoms with E-state index in [0.29, 0.717) is 24.9 Å². The third-order valence-electron chi connectivity index (χ3n) is 8.64. The van der Waals surface area contributed by atoms with E-state index >= 15 is 0 Å². The quantitative estimate of drug-likeness (QED) is 0.663.